The third-order valence-corrected chi connectivity index (χ3v) is 4.37. The van der Waals surface area contributed by atoms with Crippen molar-refractivity contribution in [3.05, 3.63) is 64.1 Å². The minimum absolute atomic E-state index is 0.0644. The molecule has 2 heterocycles. The van der Waals surface area contributed by atoms with Gasteiger partial charge in [0.1, 0.15) is 5.75 Å². The first-order chi connectivity index (χ1) is 13.3. The van der Waals surface area contributed by atoms with Gasteiger partial charge in [-0.15, -0.1) is 18.3 Å². The Hall–Kier alpha value is -2.92. The molecule has 1 amide bonds. The number of thiophene rings is 1. The standard InChI is InChI=1S/C17H15F3N4O3S/c18-17(19,20)27-13-3-1-11(2-4-13)7-21-16(26)14-8-24(23-22-14)9-15(25)12-5-6-28-10-12/h1-6,8,10,15,25H,7,9H2,(H,21,26)/t15-/m0/s1. The maximum atomic E-state index is 12.1. The molecule has 3 rings (SSSR count). The molecule has 1 aromatic carbocycles. The van der Waals surface area contributed by atoms with Crippen LogP contribution in [0.25, 0.3) is 0 Å². The zero-order valence-corrected chi connectivity index (χ0v) is 15.1. The third kappa shape index (κ3) is 5.54. The Balaban J connectivity index is 1.52. The molecule has 2 N–H and O–H groups in total. The van der Waals surface area contributed by atoms with Crippen molar-refractivity contribution in [2.24, 2.45) is 0 Å². The van der Waals surface area contributed by atoms with Gasteiger partial charge in [-0.2, -0.15) is 11.3 Å². The second kappa shape index (κ2) is 8.40. The van der Waals surface area contributed by atoms with E-state index >= 15 is 0 Å². The number of rotatable bonds is 7. The number of aliphatic hydroxyl groups excluding tert-OH is 1. The summed E-state index contributed by atoms with van der Waals surface area (Å²) in [6, 6.07) is 6.95. The van der Waals surface area contributed by atoms with E-state index in [1.807, 2.05) is 10.8 Å². The number of benzene rings is 1. The van der Waals surface area contributed by atoms with Crippen molar-refractivity contribution in [3.63, 3.8) is 0 Å². The Morgan fingerprint density at radius 3 is 2.68 bits per heavy atom. The topological polar surface area (TPSA) is 89.3 Å². The average molecular weight is 412 g/mol. The van der Waals surface area contributed by atoms with Gasteiger partial charge < -0.3 is 15.2 Å². The van der Waals surface area contributed by atoms with E-state index in [0.717, 1.165) is 17.7 Å². The van der Waals surface area contributed by atoms with Gasteiger partial charge in [0, 0.05) is 6.54 Å². The fourth-order valence-corrected chi connectivity index (χ4v) is 3.03. The smallest absolute Gasteiger partial charge is 0.406 e. The number of amides is 1. The number of hydrogen-bond acceptors (Lipinski definition) is 6. The highest BCUT2D eigenvalue weighted by atomic mass is 32.1. The fourth-order valence-electron chi connectivity index (χ4n) is 2.32. The second-order valence-electron chi connectivity index (χ2n) is 5.77. The Labute approximate surface area is 161 Å². The lowest BCUT2D eigenvalue weighted by molar-refractivity contribution is -0.274. The molecule has 1 atom stereocenters. The number of nitrogens with one attached hydrogen (secondary N) is 1. The van der Waals surface area contributed by atoms with Gasteiger partial charge >= 0.3 is 6.36 Å². The molecule has 7 nitrogen and oxygen atoms in total. The van der Waals surface area contributed by atoms with Gasteiger partial charge in [0.15, 0.2) is 5.69 Å². The highest BCUT2D eigenvalue weighted by Crippen LogP contribution is 2.22. The Morgan fingerprint density at radius 1 is 1.29 bits per heavy atom. The molecule has 0 spiro atoms. The van der Waals surface area contributed by atoms with E-state index in [9.17, 15) is 23.1 Å². The molecule has 2 aromatic heterocycles. The van der Waals surface area contributed by atoms with Crippen LogP contribution < -0.4 is 10.1 Å². The lowest BCUT2D eigenvalue weighted by atomic mass is 10.2. The molecular formula is C17H15F3N4O3S. The Morgan fingerprint density at radius 2 is 2.04 bits per heavy atom. The fraction of sp³-hybridized carbons (Fsp3) is 0.235. The van der Waals surface area contributed by atoms with Crippen LogP contribution in [0.4, 0.5) is 13.2 Å². The van der Waals surface area contributed by atoms with Gasteiger partial charge in [0.25, 0.3) is 5.91 Å². The summed E-state index contributed by atoms with van der Waals surface area (Å²) in [6.45, 7) is 0.243. The van der Waals surface area contributed by atoms with Gasteiger partial charge in [-0.1, -0.05) is 17.3 Å². The normalized spacial score (nSPS) is 12.6. The van der Waals surface area contributed by atoms with E-state index in [0.29, 0.717) is 5.56 Å². The van der Waals surface area contributed by atoms with Crippen LogP contribution in [0.1, 0.15) is 27.7 Å². The van der Waals surface area contributed by atoms with Crippen LogP contribution in [0.2, 0.25) is 0 Å². The summed E-state index contributed by atoms with van der Waals surface area (Å²) in [5.41, 5.74) is 1.40. The van der Waals surface area contributed by atoms with Crippen LogP contribution in [0.3, 0.4) is 0 Å². The van der Waals surface area contributed by atoms with Crippen LogP contribution in [-0.2, 0) is 13.1 Å². The Bertz CT molecular complexity index is 911. The molecule has 28 heavy (non-hydrogen) atoms. The second-order valence-corrected chi connectivity index (χ2v) is 6.55. The zero-order chi connectivity index (χ0) is 20.1. The zero-order valence-electron chi connectivity index (χ0n) is 14.3. The van der Waals surface area contributed by atoms with E-state index in [2.05, 4.69) is 20.4 Å². The van der Waals surface area contributed by atoms with Gasteiger partial charge in [-0.3, -0.25) is 4.79 Å². The molecule has 0 aliphatic heterocycles. The highest BCUT2D eigenvalue weighted by molar-refractivity contribution is 7.07. The van der Waals surface area contributed by atoms with Crippen molar-refractivity contribution in [2.45, 2.75) is 25.6 Å². The first-order valence-corrected chi connectivity index (χ1v) is 8.97. The molecule has 0 bridgehead atoms. The number of ether oxygens (including phenoxy) is 1. The maximum absolute atomic E-state index is 12.1. The number of aromatic nitrogens is 3. The number of carbonyl (C=O) groups excluding carboxylic acids is 1. The maximum Gasteiger partial charge on any atom is 0.573 e. The summed E-state index contributed by atoms with van der Waals surface area (Å²) in [6.07, 6.45) is -4.11. The first kappa shape index (κ1) is 19.8. The van der Waals surface area contributed by atoms with Crippen molar-refractivity contribution < 1.29 is 27.8 Å². The van der Waals surface area contributed by atoms with E-state index < -0.39 is 18.4 Å². The summed E-state index contributed by atoms with van der Waals surface area (Å²) in [5, 5.41) is 23.9. The van der Waals surface area contributed by atoms with Crippen molar-refractivity contribution >= 4 is 17.2 Å². The summed E-state index contributed by atoms with van der Waals surface area (Å²) in [7, 11) is 0. The molecule has 0 aliphatic carbocycles. The van der Waals surface area contributed by atoms with Crippen LogP contribution in [0, 0.1) is 0 Å². The van der Waals surface area contributed by atoms with Crippen molar-refractivity contribution in [1.82, 2.24) is 20.3 Å². The van der Waals surface area contributed by atoms with Gasteiger partial charge in [0.05, 0.1) is 18.8 Å². The molecule has 11 heteroatoms. The predicted molar refractivity (Wildman–Crippen MR) is 93.6 cm³/mol. The first-order valence-electron chi connectivity index (χ1n) is 8.03. The number of hydrogen-bond donors (Lipinski definition) is 2. The number of nitrogens with zero attached hydrogens (tertiary/aromatic N) is 3. The molecule has 3 aromatic rings. The molecule has 0 unspecified atom stereocenters. The third-order valence-electron chi connectivity index (χ3n) is 3.67. The van der Waals surface area contributed by atoms with Crippen LogP contribution in [0.5, 0.6) is 5.75 Å². The lowest BCUT2D eigenvalue weighted by Crippen LogP contribution is -2.23. The molecule has 0 fully saturated rings. The summed E-state index contributed by atoms with van der Waals surface area (Å²) in [4.78, 5) is 12.1. The number of alkyl halides is 3. The average Bonchev–Trinajstić information content (AvgIpc) is 3.31. The molecule has 0 saturated heterocycles. The monoisotopic (exact) mass is 412 g/mol. The Kier molecular flexibility index (Phi) is 5.95. The van der Waals surface area contributed by atoms with E-state index in [-0.39, 0.29) is 24.5 Å². The number of aliphatic hydroxyl groups is 1. The van der Waals surface area contributed by atoms with E-state index in [1.54, 1.807) is 6.07 Å². The summed E-state index contributed by atoms with van der Waals surface area (Å²) < 4.78 is 41.6. The van der Waals surface area contributed by atoms with E-state index in [4.69, 9.17) is 0 Å². The SMILES string of the molecule is O=C(NCc1ccc(OC(F)(F)F)cc1)c1cn(C[C@H](O)c2ccsc2)nn1. The van der Waals surface area contributed by atoms with E-state index in [1.165, 1.54) is 34.3 Å². The largest absolute Gasteiger partial charge is 0.573 e. The van der Waals surface area contributed by atoms with Gasteiger partial charge in [-0.25, -0.2) is 4.68 Å². The number of carbonyl (C=O) groups is 1. The van der Waals surface area contributed by atoms with Crippen molar-refractivity contribution in [2.75, 3.05) is 0 Å². The highest BCUT2D eigenvalue weighted by Gasteiger charge is 2.30. The predicted octanol–water partition coefficient (Wildman–Crippen LogP) is 2.90. The number of halogens is 3. The molecule has 0 aliphatic rings. The van der Waals surface area contributed by atoms with Gasteiger partial charge in [-0.05, 0) is 40.1 Å². The molecule has 148 valence electrons. The van der Waals surface area contributed by atoms with Crippen LogP contribution >= 0.6 is 11.3 Å². The van der Waals surface area contributed by atoms with Crippen molar-refractivity contribution in [3.8, 4) is 5.75 Å². The van der Waals surface area contributed by atoms with Crippen molar-refractivity contribution in [1.29, 1.82) is 0 Å². The molecule has 0 radical (unpaired) electrons. The lowest BCUT2D eigenvalue weighted by Gasteiger charge is -2.09. The molecule has 0 saturated carbocycles. The summed E-state index contributed by atoms with van der Waals surface area (Å²) in [5.74, 6) is -0.832. The molecular weight excluding hydrogens is 397 g/mol. The van der Waals surface area contributed by atoms with Crippen LogP contribution in [-0.4, -0.2) is 32.4 Å². The van der Waals surface area contributed by atoms with Gasteiger partial charge in [0.2, 0.25) is 0 Å². The minimum Gasteiger partial charge on any atom is -0.406 e. The summed E-state index contributed by atoms with van der Waals surface area (Å²) >= 11 is 1.46. The van der Waals surface area contributed by atoms with Crippen LogP contribution in [0.15, 0.2) is 47.3 Å². The quantitative estimate of drug-likeness (QED) is 0.623. The minimum atomic E-state index is -4.75.